The summed E-state index contributed by atoms with van der Waals surface area (Å²) in [5.74, 6) is 0.627. The van der Waals surface area contributed by atoms with Crippen LogP contribution in [0.4, 0.5) is 0 Å². The van der Waals surface area contributed by atoms with E-state index >= 15 is 0 Å². The lowest BCUT2D eigenvalue weighted by molar-refractivity contribution is -0.289. The minimum absolute atomic E-state index is 0.0909. The molecule has 0 aromatic heterocycles. The van der Waals surface area contributed by atoms with Crippen molar-refractivity contribution in [2.75, 3.05) is 26.9 Å². The van der Waals surface area contributed by atoms with Crippen LogP contribution < -0.4 is 9.47 Å². The first kappa shape index (κ1) is 29.3. The average Bonchev–Trinajstić information content (AvgIpc) is 3.25. The first-order valence-electron chi connectivity index (χ1n) is 12.5. The van der Waals surface area contributed by atoms with Crippen LogP contribution in [0.3, 0.4) is 0 Å². The van der Waals surface area contributed by atoms with Gasteiger partial charge in [-0.15, -0.1) is 0 Å². The molecule has 0 spiro atoms. The van der Waals surface area contributed by atoms with Crippen LogP contribution in [0.15, 0.2) is 42.5 Å². The van der Waals surface area contributed by atoms with E-state index in [1.54, 1.807) is 49.4 Å². The lowest BCUT2D eigenvalue weighted by atomic mass is 9.97. The average molecular weight is 551 g/mol. The Morgan fingerprint density at radius 1 is 1.00 bits per heavy atom. The van der Waals surface area contributed by atoms with Gasteiger partial charge in [0.25, 0.3) is 0 Å². The molecule has 214 valence electrons. The summed E-state index contributed by atoms with van der Waals surface area (Å²) in [6, 6.07) is 11.8. The van der Waals surface area contributed by atoms with Crippen LogP contribution in [0.2, 0.25) is 0 Å². The van der Waals surface area contributed by atoms with Crippen molar-refractivity contribution < 1.29 is 59.1 Å². The molecular weight excluding hydrogens is 516 g/mol. The van der Waals surface area contributed by atoms with E-state index in [2.05, 4.69) is 0 Å². The van der Waals surface area contributed by atoms with Crippen LogP contribution in [0, 0.1) is 0 Å². The molecule has 0 amide bonds. The predicted molar refractivity (Wildman–Crippen MR) is 134 cm³/mol. The number of carbonyl (C=O) groups excluding carboxylic acids is 1. The molecule has 2 aromatic carbocycles. The Balaban J connectivity index is 1.57. The summed E-state index contributed by atoms with van der Waals surface area (Å²) in [7, 11) is 1.50. The number of benzene rings is 2. The molecule has 2 saturated heterocycles. The molecule has 2 aromatic rings. The molecule has 0 radical (unpaired) electrons. The van der Waals surface area contributed by atoms with E-state index in [1.165, 1.54) is 7.11 Å². The monoisotopic (exact) mass is 550 g/mol. The van der Waals surface area contributed by atoms with Crippen molar-refractivity contribution in [3.63, 3.8) is 0 Å². The SMILES string of the molecule is CCC(=O)c1ccc(O[C@@H]2O[C@H](CO[C@@H]3OC[C@](O)(CO)[C@H]3O)[C@@H](O)[C@H](O)[C@H]2O)c(-c2ccccc2OC)c1. The zero-order valence-corrected chi connectivity index (χ0v) is 21.5. The molecule has 0 unspecified atom stereocenters. The lowest BCUT2D eigenvalue weighted by Gasteiger charge is -2.40. The van der Waals surface area contributed by atoms with E-state index in [4.69, 9.17) is 23.7 Å². The minimum Gasteiger partial charge on any atom is -0.496 e. The van der Waals surface area contributed by atoms with Crippen LogP contribution in [0.5, 0.6) is 11.5 Å². The smallest absolute Gasteiger partial charge is 0.229 e. The van der Waals surface area contributed by atoms with Gasteiger partial charge in [0, 0.05) is 23.1 Å². The number of hydrogen-bond donors (Lipinski definition) is 6. The molecule has 2 aliphatic heterocycles. The van der Waals surface area contributed by atoms with Crippen LogP contribution in [-0.2, 0) is 14.2 Å². The van der Waals surface area contributed by atoms with Gasteiger partial charge in [0.15, 0.2) is 12.1 Å². The van der Waals surface area contributed by atoms with Crippen molar-refractivity contribution in [3.8, 4) is 22.6 Å². The summed E-state index contributed by atoms with van der Waals surface area (Å²) >= 11 is 0. The highest BCUT2D eigenvalue weighted by Gasteiger charge is 2.50. The van der Waals surface area contributed by atoms with Crippen molar-refractivity contribution in [1.82, 2.24) is 0 Å². The highest BCUT2D eigenvalue weighted by atomic mass is 16.7. The normalized spacial score (nSPS) is 32.7. The second kappa shape index (κ2) is 12.3. The summed E-state index contributed by atoms with van der Waals surface area (Å²) in [4.78, 5) is 12.4. The fourth-order valence-corrected chi connectivity index (χ4v) is 4.49. The van der Waals surface area contributed by atoms with Gasteiger partial charge in [0.1, 0.15) is 47.6 Å². The molecule has 8 atom stereocenters. The molecule has 0 saturated carbocycles. The Hall–Kier alpha value is -2.65. The molecule has 6 N–H and O–H groups in total. The van der Waals surface area contributed by atoms with E-state index in [0.717, 1.165) is 0 Å². The Morgan fingerprint density at radius 3 is 2.41 bits per heavy atom. The maximum absolute atomic E-state index is 12.4. The quantitative estimate of drug-likeness (QED) is 0.211. The number of carbonyl (C=O) groups is 1. The molecule has 0 aliphatic carbocycles. The fourth-order valence-electron chi connectivity index (χ4n) is 4.49. The van der Waals surface area contributed by atoms with E-state index in [9.17, 15) is 35.4 Å². The molecule has 2 heterocycles. The predicted octanol–water partition coefficient (Wildman–Crippen LogP) is -0.401. The lowest BCUT2D eigenvalue weighted by Crippen LogP contribution is -2.60. The fraction of sp³-hybridized carbons (Fsp3) is 0.519. The van der Waals surface area contributed by atoms with E-state index in [0.29, 0.717) is 22.4 Å². The number of rotatable bonds is 10. The molecule has 2 aliphatic rings. The van der Waals surface area contributed by atoms with Crippen molar-refractivity contribution in [2.45, 2.75) is 62.0 Å². The first-order valence-corrected chi connectivity index (χ1v) is 12.5. The second-order valence-electron chi connectivity index (χ2n) is 9.54. The van der Waals surface area contributed by atoms with Crippen LogP contribution in [0.1, 0.15) is 23.7 Å². The largest absolute Gasteiger partial charge is 0.496 e. The van der Waals surface area contributed by atoms with Gasteiger partial charge >= 0.3 is 0 Å². The second-order valence-corrected chi connectivity index (χ2v) is 9.54. The van der Waals surface area contributed by atoms with E-state index in [-0.39, 0.29) is 24.6 Å². The van der Waals surface area contributed by atoms with E-state index < -0.39 is 61.9 Å². The van der Waals surface area contributed by atoms with Crippen LogP contribution >= 0.6 is 0 Å². The Kier molecular flexibility index (Phi) is 9.21. The van der Waals surface area contributed by atoms with Gasteiger partial charge in [-0.3, -0.25) is 4.79 Å². The van der Waals surface area contributed by atoms with Crippen LogP contribution in [-0.4, -0.2) is 112 Å². The number of methoxy groups -OCH3 is 1. The van der Waals surface area contributed by atoms with E-state index in [1.807, 2.05) is 0 Å². The highest BCUT2D eigenvalue weighted by molar-refractivity contribution is 5.97. The molecule has 2 fully saturated rings. The standard InChI is InChI=1S/C27H34O12/c1-3-17(29)14-8-9-19(16(10-14)15-6-4-5-7-18(15)35-2)38-25-23(32)22(31)21(30)20(39-25)11-36-26-24(33)27(34,12-28)13-37-26/h4-10,20-26,28,30-34H,3,11-13H2,1-2H3/t20-,21-,22+,23-,24+,25-,26-,27-/m1/s1. The molecule has 12 heteroatoms. The van der Waals surface area contributed by atoms with Gasteiger partial charge in [-0.2, -0.15) is 0 Å². The summed E-state index contributed by atoms with van der Waals surface area (Å²) in [5, 5.41) is 61.3. The van der Waals surface area contributed by atoms with Gasteiger partial charge in [-0.25, -0.2) is 0 Å². The zero-order chi connectivity index (χ0) is 28.3. The third-order valence-electron chi connectivity index (χ3n) is 6.94. The maximum atomic E-state index is 12.4. The zero-order valence-electron chi connectivity index (χ0n) is 21.5. The third kappa shape index (κ3) is 5.94. The van der Waals surface area contributed by atoms with Crippen molar-refractivity contribution in [2.24, 2.45) is 0 Å². The Bertz CT molecular complexity index is 1140. The number of aliphatic hydroxyl groups is 6. The molecule has 0 bridgehead atoms. The molecule has 4 rings (SSSR count). The van der Waals surface area contributed by atoms with Gasteiger partial charge in [0.05, 0.1) is 26.9 Å². The number of para-hydroxylation sites is 1. The molecule has 39 heavy (non-hydrogen) atoms. The maximum Gasteiger partial charge on any atom is 0.229 e. The Morgan fingerprint density at radius 2 is 1.74 bits per heavy atom. The van der Waals surface area contributed by atoms with Gasteiger partial charge < -0.3 is 54.3 Å². The van der Waals surface area contributed by atoms with Crippen molar-refractivity contribution >= 4 is 5.78 Å². The highest BCUT2D eigenvalue weighted by Crippen LogP contribution is 2.39. The first-order chi connectivity index (χ1) is 18.6. The van der Waals surface area contributed by atoms with Gasteiger partial charge in [0.2, 0.25) is 6.29 Å². The van der Waals surface area contributed by atoms with Gasteiger partial charge in [-0.1, -0.05) is 25.1 Å². The molecule has 12 nitrogen and oxygen atoms in total. The number of ketones is 1. The Labute approximate surface area is 224 Å². The van der Waals surface area contributed by atoms with Crippen LogP contribution in [0.25, 0.3) is 11.1 Å². The topological polar surface area (TPSA) is 185 Å². The number of aliphatic hydroxyl groups excluding tert-OH is 5. The number of Topliss-reactive ketones (excluding diaryl/α,β-unsaturated/α-hetero) is 1. The summed E-state index contributed by atoms with van der Waals surface area (Å²) < 4.78 is 27.9. The molecular formula is C27H34O12. The number of hydrogen-bond acceptors (Lipinski definition) is 12. The summed E-state index contributed by atoms with van der Waals surface area (Å²) in [6.45, 7) is 0.196. The third-order valence-corrected chi connectivity index (χ3v) is 6.94. The van der Waals surface area contributed by atoms with Crippen molar-refractivity contribution in [1.29, 1.82) is 0 Å². The van der Waals surface area contributed by atoms with Crippen molar-refractivity contribution in [3.05, 3.63) is 48.0 Å². The summed E-state index contributed by atoms with van der Waals surface area (Å²) in [5.41, 5.74) is -0.384. The number of ether oxygens (including phenoxy) is 5. The van der Waals surface area contributed by atoms with Gasteiger partial charge in [-0.05, 0) is 24.3 Å². The summed E-state index contributed by atoms with van der Waals surface area (Å²) in [6.07, 6.45) is -10.3. The minimum atomic E-state index is -1.90.